The summed E-state index contributed by atoms with van der Waals surface area (Å²) in [5.41, 5.74) is 10.8. The van der Waals surface area contributed by atoms with Crippen molar-refractivity contribution in [2.75, 3.05) is 0 Å². The van der Waals surface area contributed by atoms with E-state index in [1.807, 2.05) is 6.07 Å². The van der Waals surface area contributed by atoms with Crippen LogP contribution in [-0.2, 0) is 0 Å². The van der Waals surface area contributed by atoms with Crippen LogP contribution in [0.1, 0.15) is 5.56 Å². The standard InChI is InChI=1S/C10H5N7/c11-13-9-7-4-8(6-2-1-3-12-5-6)14-16-10(7)17-15-9/h1-5H. The van der Waals surface area contributed by atoms with Crippen molar-refractivity contribution < 1.29 is 4.79 Å². The molecule has 7 nitrogen and oxygen atoms in total. The average Bonchev–Trinajstić information content (AvgIpc) is 2.81. The molecule has 7 heteroatoms. The fraction of sp³-hybridized carbons (Fsp3) is 0. The maximum absolute atomic E-state index is 8.75. The van der Waals surface area contributed by atoms with Crippen LogP contribution in [0.5, 0.6) is 0 Å². The molecule has 17 heavy (non-hydrogen) atoms. The van der Waals surface area contributed by atoms with Crippen LogP contribution >= 0.6 is 0 Å². The molecule has 0 aromatic carbocycles. The zero-order valence-corrected chi connectivity index (χ0v) is 8.52. The number of pyridine rings is 1. The second-order valence-electron chi connectivity index (χ2n) is 3.33. The van der Waals surface area contributed by atoms with E-state index >= 15 is 0 Å². The van der Waals surface area contributed by atoms with Crippen molar-refractivity contribution in [3.05, 3.63) is 41.7 Å². The molecule has 0 N–H and O–H groups in total. The summed E-state index contributed by atoms with van der Waals surface area (Å²) < 4.78 is 0. The van der Waals surface area contributed by atoms with Crippen molar-refractivity contribution in [2.24, 2.45) is 10.2 Å². The molecule has 0 aliphatic carbocycles. The van der Waals surface area contributed by atoms with Gasteiger partial charge in [0, 0.05) is 18.0 Å². The molecule has 0 radical (unpaired) electrons. The number of hydrogen-bond acceptors (Lipinski definition) is 4. The van der Waals surface area contributed by atoms with Gasteiger partial charge in [-0.1, -0.05) is 0 Å². The van der Waals surface area contributed by atoms with E-state index in [0.717, 1.165) is 5.56 Å². The lowest BCUT2D eigenvalue weighted by molar-refractivity contribution is -0.00546. The molecule has 0 bridgehead atoms. The highest BCUT2D eigenvalue weighted by Gasteiger charge is 2.27. The van der Waals surface area contributed by atoms with Crippen molar-refractivity contribution in [3.63, 3.8) is 0 Å². The summed E-state index contributed by atoms with van der Waals surface area (Å²) in [5, 5.41) is 15.3. The van der Waals surface area contributed by atoms with Gasteiger partial charge in [0.15, 0.2) is 0 Å². The van der Waals surface area contributed by atoms with Gasteiger partial charge in [0.05, 0.1) is 10.8 Å². The lowest BCUT2D eigenvalue weighted by Crippen LogP contribution is -1.97. The highest BCUT2D eigenvalue weighted by molar-refractivity contribution is 6.01. The van der Waals surface area contributed by atoms with Crippen LogP contribution in [0.15, 0.2) is 40.8 Å². The van der Waals surface area contributed by atoms with Crippen LogP contribution in [-0.4, -0.2) is 25.8 Å². The molecular weight excluding hydrogens is 218 g/mol. The van der Waals surface area contributed by atoms with Gasteiger partial charge in [0.2, 0.25) is 5.82 Å². The summed E-state index contributed by atoms with van der Waals surface area (Å²) in [7, 11) is 0. The normalized spacial score (nSPS) is 12.4. The van der Waals surface area contributed by atoms with Crippen molar-refractivity contribution in [1.29, 1.82) is 0 Å². The Morgan fingerprint density at radius 1 is 1.18 bits per heavy atom. The Kier molecular flexibility index (Phi) is 2.03. The molecule has 0 unspecified atom stereocenters. The zero-order chi connectivity index (χ0) is 11.7. The van der Waals surface area contributed by atoms with Crippen LogP contribution < -0.4 is 0 Å². The molecule has 3 heterocycles. The topological polar surface area (TPSA) is 99.8 Å². The van der Waals surface area contributed by atoms with Crippen molar-refractivity contribution >= 4 is 11.7 Å². The molecule has 0 atom stereocenters. The second kappa shape index (κ2) is 3.66. The van der Waals surface area contributed by atoms with Crippen LogP contribution in [0.2, 0.25) is 0 Å². The van der Waals surface area contributed by atoms with E-state index in [0.29, 0.717) is 17.1 Å². The summed E-state index contributed by atoms with van der Waals surface area (Å²) in [6.07, 6.45) is 3.35. The third kappa shape index (κ3) is 1.51. The Labute approximate surface area is 95.5 Å². The largest absolute Gasteiger partial charge is 0.497 e. The van der Waals surface area contributed by atoms with Gasteiger partial charge < -0.3 is 10.3 Å². The number of nitrogens with zero attached hydrogens (tertiary/aromatic N) is 7. The average molecular weight is 223 g/mol. The monoisotopic (exact) mass is 223 g/mol. The summed E-state index contributed by atoms with van der Waals surface area (Å²) in [4.78, 5) is 7.04. The third-order valence-electron chi connectivity index (χ3n) is 2.31. The first kappa shape index (κ1) is 9.44. The maximum Gasteiger partial charge on any atom is 0.437 e. The number of amidine groups is 1. The molecule has 2 aromatic heterocycles. The molecule has 1 aliphatic heterocycles. The Balaban J connectivity index is 2.15. The minimum absolute atomic E-state index is 0.139. The van der Waals surface area contributed by atoms with Crippen LogP contribution in [0.25, 0.3) is 16.8 Å². The van der Waals surface area contributed by atoms with Gasteiger partial charge in [-0.25, -0.2) is 0 Å². The van der Waals surface area contributed by atoms with E-state index < -0.39 is 0 Å². The highest BCUT2D eigenvalue weighted by atomic mass is 15.3. The number of aromatic nitrogens is 3. The summed E-state index contributed by atoms with van der Waals surface area (Å²) >= 11 is 0. The predicted molar refractivity (Wildman–Crippen MR) is 57.5 cm³/mol. The van der Waals surface area contributed by atoms with E-state index in [1.54, 1.807) is 24.5 Å². The van der Waals surface area contributed by atoms with Gasteiger partial charge in [-0.2, -0.15) is 0 Å². The van der Waals surface area contributed by atoms with Crippen molar-refractivity contribution in [1.82, 2.24) is 15.2 Å². The number of rotatable bonds is 1. The fourth-order valence-corrected chi connectivity index (χ4v) is 1.50. The Hall–Kier alpha value is -2.79. The Morgan fingerprint density at radius 2 is 2.12 bits per heavy atom. The molecule has 0 saturated carbocycles. The summed E-state index contributed by atoms with van der Waals surface area (Å²) in [6.45, 7) is 0. The van der Waals surface area contributed by atoms with Crippen LogP contribution in [0, 0.1) is 0 Å². The number of fused-ring (bicyclic) bond motifs is 1. The fourth-order valence-electron chi connectivity index (χ4n) is 1.50. The van der Waals surface area contributed by atoms with Gasteiger partial charge in [0.1, 0.15) is 5.56 Å². The van der Waals surface area contributed by atoms with Gasteiger partial charge >= 0.3 is 5.84 Å². The van der Waals surface area contributed by atoms with Crippen molar-refractivity contribution in [2.45, 2.75) is 0 Å². The van der Waals surface area contributed by atoms with Gasteiger partial charge in [-0.05, 0) is 23.3 Å². The van der Waals surface area contributed by atoms with E-state index in [9.17, 15) is 0 Å². The molecule has 2 aromatic rings. The maximum atomic E-state index is 8.75. The van der Waals surface area contributed by atoms with Gasteiger partial charge in [-0.15, -0.1) is 10.2 Å². The predicted octanol–water partition coefficient (Wildman–Crippen LogP) is 1.61. The molecule has 80 valence electrons. The first-order valence-electron chi connectivity index (χ1n) is 4.81. The zero-order valence-electron chi connectivity index (χ0n) is 8.52. The van der Waals surface area contributed by atoms with E-state index in [4.69, 9.17) is 5.53 Å². The van der Waals surface area contributed by atoms with Crippen LogP contribution in [0.4, 0.5) is 5.82 Å². The summed E-state index contributed by atoms with van der Waals surface area (Å²) in [6, 6.07) is 5.39. The van der Waals surface area contributed by atoms with Gasteiger partial charge in [0.25, 0.3) is 0 Å². The number of azo groups is 1. The first-order valence-corrected chi connectivity index (χ1v) is 4.81. The third-order valence-corrected chi connectivity index (χ3v) is 2.31. The Bertz CT molecular complexity index is 656. The lowest BCUT2D eigenvalue weighted by Gasteiger charge is -1.98. The molecule has 0 spiro atoms. The molecule has 1 aliphatic rings. The highest BCUT2D eigenvalue weighted by Crippen LogP contribution is 2.26. The minimum Gasteiger partial charge on any atom is -0.497 e. The molecule has 0 fully saturated rings. The molecule has 0 amide bonds. The summed E-state index contributed by atoms with van der Waals surface area (Å²) in [5.74, 6) is 0.491. The lowest BCUT2D eigenvalue weighted by atomic mass is 10.1. The Morgan fingerprint density at radius 3 is 2.88 bits per heavy atom. The van der Waals surface area contributed by atoms with Crippen LogP contribution in [0.3, 0.4) is 0 Å². The molecule has 0 saturated heterocycles. The van der Waals surface area contributed by atoms with Gasteiger partial charge in [-0.3, -0.25) is 4.98 Å². The quantitative estimate of drug-likeness (QED) is 0.542. The minimum atomic E-state index is 0.139. The molecule has 3 rings (SSSR count). The van der Waals surface area contributed by atoms with E-state index in [1.165, 1.54) is 0 Å². The number of hydrogen-bond donors (Lipinski definition) is 0. The van der Waals surface area contributed by atoms with E-state index in [2.05, 4.69) is 30.2 Å². The van der Waals surface area contributed by atoms with E-state index in [-0.39, 0.29) is 5.84 Å². The molecular formula is C10H5N7. The smallest absolute Gasteiger partial charge is 0.437 e. The first-order chi connectivity index (χ1) is 8.38. The SMILES string of the molecule is [N-]=[N+]=C1N=Nc2nnc(-c3cccnc3)cc21. The second-order valence-corrected chi connectivity index (χ2v) is 3.33. The van der Waals surface area contributed by atoms with Crippen molar-refractivity contribution in [3.8, 4) is 11.3 Å².